The lowest BCUT2D eigenvalue weighted by Crippen LogP contribution is -2.36. The number of nitrogens with zero attached hydrogens (tertiary/aromatic N) is 2. The lowest BCUT2D eigenvalue weighted by molar-refractivity contribution is 0.264. The van der Waals surface area contributed by atoms with Crippen LogP contribution in [0.4, 0.5) is 5.00 Å². The van der Waals surface area contributed by atoms with E-state index in [1.54, 1.807) is 11.5 Å². The number of aromatic nitrogens is 1. The fourth-order valence-electron chi connectivity index (χ4n) is 2.33. The normalized spacial score (nSPS) is 18.6. The van der Waals surface area contributed by atoms with Crippen molar-refractivity contribution in [2.75, 3.05) is 25.5 Å². The molecule has 17 heavy (non-hydrogen) atoms. The van der Waals surface area contributed by atoms with Crippen LogP contribution in [0.1, 0.15) is 12.8 Å². The lowest BCUT2D eigenvalue weighted by atomic mass is 10.1. The Hall–Kier alpha value is -1.13. The third kappa shape index (κ3) is 2.28. The van der Waals surface area contributed by atoms with E-state index in [0.717, 1.165) is 5.52 Å². The summed E-state index contributed by atoms with van der Waals surface area (Å²) < 4.78 is 4.47. The molecule has 0 spiro atoms. The zero-order chi connectivity index (χ0) is 11.7. The zero-order valence-corrected chi connectivity index (χ0v) is 10.8. The standard InChI is InChI=1S/C13H17N3S/c1-16-8-6-10(7-9-16)14-13-11-4-2-3-5-12(11)15-17-13/h2-5,10,14H,6-9H2,1H3. The fourth-order valence-corrected chi connectivity index (χ4v) is 3.17. The van der Waals surface area contributed by atoms with Gasteiger partial charge in [0.1, 0.15) is 5.00 Å². The molecular weight excluding hydrogens is 230 g/mol. The lowest BCUT2D eigenvalue weighted by Gasteiger charge is -2.29. The molecule has 0 amide bonds. The molecule has 0 saturated carbocycles. The fraction of sp³-hybridized carbons (Fsp3) is 0.462. The van der Waals surface area contributed by atoms with Crippen molar-refractivity contribution in [3.05, 3.63) is 24.3 Å². The molecule has 1 aromatic carbocycles. The van der Waals surface area contributed by atoms with E-state index >= 15 is 0 Å². The van der Waals surface area contributed by atoms with Gasteiger partial charge in [0.25, 0.3) is 0 Å². The minimum atomic E-state index is 0.607. The molecule has 2 aromatic rings. The van der Waals surface area contributed by atoms with Crippen LogP contribution in [-0.4, -0.2) is 35.5 Å². The van der Waals surface area contributed by atoms with Crippen molar-refractivity contribution < 1.29 is 0 Å². The number of rotatable bonds is 2. The third-order valence-electron chi connectivity index (χ3n) is 3.44. The summed E-state index contributed by atoms with van der Waals surface area (Å²) in [7, 11) is 2.19. The first-order valence-corrected chi connectivity index (χ1v) is 6.90. The molecule has 4 heteroatoms. The van der Waals surface area contributed by atoms with Crippen LogP contribution < -0.4 is 5.32 Å². The van der Waals surface area contributed by atoms with Crippen LogP contribution in [0.3, 0.4) is 0 Å². The van der Waals surface area contributed by atoms with E-state index in [1.807, 2.05) is 6.07 Å². The van der Waals surface area contributed by atoms with Gasteiger partial charge in [0.2, 0.25) is 0 Å². The van der Waals surface area contributed by atoms with Gasteiger partial charge >= 0.3 is 0 Å². The van der Waals surface area contributed by atoms with Crippen LogP contribution in [0.2, 0.25) is 0 Å². The number of anilines is 1. The second-order valence-corrected chi connectivity index (χ2v) is 5.52. The van der Waals surface area contributed by atoms with Gasteiger partial charge in [0.15, 0.2) is 0 Å². The van der Waals surface area contributed by atoms with Crippen molar-refractivity contribution in [2.45, 2.75) is 18.9 Å². The zero-order valence-electron chi connectivity index (χ0n) is 10.0. The van der Waals surface area contributed by atoms with Crippen LogP contribution in [-0.2, 0) is 0 Å². The van der Waals surface area contributed by atoms with Crippen molar-refractivity contribution in [1.29, 1.82) is 0 Å². The Morgan fingerprint density at radius 3 is 2.88 bits per heavy atom. The summed E-state index contributed by atoms with van der Waals surface area (Å²) in [5, 5.41) is 6.15. The SMILES string of the molecule is CN1CCC(Nc2snc3ccccc23)CC1. The van der Waals surface area contributed by atoms with Crippen molar-refractivity contribution >= 4 is 27.4 Å². The van der Waals surface area contributed by atoms with Crippen molar-refractivity contribution in [3.63, 3.8) is 0 Å². The number of likely N-dealkylation sites (tertiary alicyclic amines) is 1. The van der Waals surface area contributed by atoms with E-state index in [1.165, 1.54) is 36.3 Å². The third-order valence-corrected chi connectivity index (χ3v) is 4.25. The number of nitrogens with one attached hydrogen (secondary N) is 1. The molecule has 1 aliphatic heterocycles. The molecule has 2 heterocycles. The molecule has 1 N–H and O–H groups in total. The van der Waals surface area contributed by atoms with Gasteiger partial charge in [-0.1, -0.05) is 12.1 Å². The molecule has 0 aliphatic carbocycles. The van der Waals surface area contributed by atoms with Crippen LogP contribution in [0.15, 0.2) is 24.3 Å². The minimum absolute atomic E-state index is 0.607. The summed E-state index contributed by atoms with van der Waals surface area (Å²) in [6, 6.07) is 8.95. The van der Waals surface area contributed by atoms with Crippen molar-refractivity contribution in [3.8, 4) is 0 Å². The van der Waals surface area contributed by atoms with E-state index in [0.29, 0.717) is 6.04 Å². The number of piperidine rings is 1. The van der Waals surface area contributed by atoms with E-state index in [4.69, 9.17) is 0 Å². The highest BCUT2D eigenvalue weighted by molar-refractivity contribution is 7.11. The molecule has 1 aromatic heterocycles. The largest absolute Gasteiger partial charge is 0.372 e. The summed E-state index contributed by atoms with van der Waals surface area (Å²) in [4.78, 5) is 2.39. The van der Waals surface area contributed by atoms with E-state index in [2.05, 4.69) is 39.8 Å². The smallest absolute Gasteiger partial charge is 0.117 e. The topological polar surface area (TPSA) is 28.2 Å². The molecule has 0 radical (unpaired) electrons. The number of fused-ring (bicyclic) bond motifs is 1. The summed E-state index contributed by atoms with van der Waals surface area (Å²) >= 11 is 1.58. The van der Waals surface area contributed by atoms with Gasteiger partial charge in [-0.2, -0.15) is 4.37 Å². The molecular formula is C13H17N3S. The number of hydrogen-bond donors (Lipinski definition) is 1. The average molecular weight is 247 g/mol. The molecule has 1 fully saturated rings. The van der Waals surface area contributed by atoms with Crippen LogP contribution >= 0.6 is 11.5 Å². The highest BCUT2D eigenvalue weighted by Crippen LogP contribution is 2.29. The van der Waals surface area contributed by atoms with Gasteiger partial charge in [0, 0.05) is 11.4 Å². The number of hydrogen-bond acceptors (Lipinski definition) is 4. The first-order chi connectivity index (χ1) is 8.33. The Balaban J connectivity index is 1.76. The van der Waals surface area contributed by atoms with Crippen LogP contribution in [0.25, 0.3) is 10.9 Å². The Morgan fingerprint density at radius 1 is 1.29 bits per heavy atom. The maximum absolute atomic E-state index is 4.47. The maximum atomic E-state index is 4.47. The summed E-state index contributed by atoms with van der Waals surface area (Å²) in [6.07, 6.45) is 2.45. The van der Waals surface area contributed by atoms with Crippen molar-refractivity contribution in [2.24, 2.45) is 0 Å². The molecule has 1 saturated heterocycles. The molecule has 3 rings (SSSR count). The highest BCUT2D eigenvalue weighted by Gasteiger charge is 2.17. The van der Waals surface area contributed by atoms with Crippen LogP contribution in [0, 0.1) is 0 Å². The monoisotopic (exact) mass is 247 g/mol. The Morgan fingerprint density at radius 2 is 2.06 bits per heavy atom. The second kappa shape index (κ2) is 4.63. The van der Waals surface area contributed by atoms with Crippen LogP contribution in [0.5, 0.6) is 0 Å². The Labute approximate surface area is 106 Å². The maximum Gasteiger partial charge on any atom is 0.117 e. The first-order valence-electron chi connectivity index (χ1n) is 6.12. The van der Waals surface area contributed by atoms with Gasteiger partial charge in [-0.3, -0.25) is 0 Å². The van der Waals surface area contributed by atoms with E-state index in [9.17, 15) is 0 Å². The summed E-state index contributed by atoms with van der Waals surface area (Å²) in [5.41, 5.74) is 1.10. The second-order valence-electron chi connectivity index (χ2n) is 4.75. The average Bonchev–Trinajstić information content (AvgIpc) is 2.76. The Bertz CT molecular complexity index is 500. The van der Waals surface area contributed by atoms with E-state index in [-0.39, 0.29) is 0 Å². The summed E-state index contributed by atoms with van der Waals surface area (Å²) in [6.45, 7) is 2.38. The first kappa shape index (κ1) is 11.0. The van der Waals surface area contributed by atoms with Gasteiger partial charge in [-0.25, -0.2) is 0 Å². The molecule has 0 bridgehead atoms. The van der Waals surface area contributed by atoms with Crippen molar-refractivity contribution in [1.82, 2.24) is 9.27 Å². The predicted molar refractivity (Wildman–Crippen MR) is 73.8 cm³/mol. The molecule has 90 valence electrons. The molecule has 1 aliphatic rings. The quantitative estimate of drug-likeness (QED) is 0.884. The highest BCUT2D eigenvalue weighted by atomic mass is 32.1. The van der Waals surface area contributed by atoms with E-state index < -0.39 is 0 Å². The minimum Gasteiger partial charge on any atom is -0.372 e. The van der Waals surface area contributed by atoms with Gasteiger partial charge in [-0.05, 0) is 56.6 Å². The Kier molecular flexibility index (Phi) is 2.99. The number of benzene rings is 1. The summed E-state index contributed by atoms with van der Waals surface area (Å²) in [5.74, 6) is 0. The molecule has 3 nitrogen and oxygen atoms in total. The predicted octanol–water partition coefficient (Wildman–Crippen LogP) is 2.80. The van der Waals surface area contributed by atoms with Gasteiger partial charge in [0.05, 0.1) is 5.52 Å². The van der Waals surface area contributed by atoms with Gasteiger partial charge < -0.3 is 10.2 Å². The molecule has 0 unspecified atom stereocenters. The molecule has 0 atom stereocenters. The van der Waals surface area contributed by atoms with Gasteiger partial charge in [-0.15, -0.1) is 0 Å².